The molecule has 1 atom stereocenters. The molecule has 194 valence electrons. The number of benzene rings is 2. The highest BCUT2D eigenvalue weighted by molar-refractivity contribution is 6.12. The van der Waals surface area contributed by atoms with Gasteiger partial charge in [-0.1, -0.05) is 76.4 Å². The van der Waals surface area contributed by atoms with E-state index in [9.17, 15) is 9.59 Å². The van der Waals surface area contributed by atoms with E-state index in [4.69, 9.17) is 5.10 Å². The smallest absolute Gasteiger partial charge is 0.277 e. The van der Waals surface area contributed by atoms with Crippen LogP contribution in [0.1, 0.15) is 87.3 Å². The number of nitrogens with zero attached hydrogens (tertiary/aromatic N) is 3. The molecule has 0 radical (unpaired) electrons. The first kappa shape index (κ1) is 25.2. The molecule has 1 fully saturated rings. The van der Waals surface area contributed by atoms with Crippen molar-refractivity contribution in [2.24, 2.45) is 0 Å². The number of aryl methyl sites for hydroxylation is 1. The summed E-state index contributed by atoms with van der Waals surface area (Å²) in [4.78, 5) is 29.7. The van der Waals surface area contributed by atoms with Crippen LogP contribution < -0.4 is 10.2 Å². The van der Waals surface area contributed by atoms with Gasteiger partial charge in [-0.25, -0.2) is 0 Å². The van der Waals surface area contributed by atoms with Gasteiger partial charge in [-0.2, -0.15) is 5.10 Å². The second-order valence-corrected chi connectivity index (χ2v) is 11.1. The summed E-state index contributed by atoms with van der Waals surface area (Å²) in [5.41, 5.74) is 4.31. The maximum atomic E-state index is 14.1. The summed E-state index contributed by atoms with van der Waals surface area (Å²) >= 11 is 0. The highest BCUT2D eigenvalue weighted by atomic mass is 16.2. The molecule has 37 heavy (non-hydrogen) atoms. The fourth-order valence-electron chi connectivity index (χ4n) is 5.63. The normalized spacial score (nSPS) is 20.2. The summed E-state index contributed by atoms with van der Waals surface area (Å²) in [6.07, 6.45) is 6.43. The van der Waals surface area contributed by atoms with Crippen molar-refractivity contribution in [2.75, 3.05) is 4.90 Å². The average Bonchev–Trinajstić information content (AvgIpc) is 3.33. The highest BCUT2D eigenvalue weighted by Gasteiger charge is 2.49. The summed E-state index contributed by atoms with van der Waals surface area (Å²) in [6, 6.07) is 18.4. The van der Waals surface area contributed by atoms with Crippen LogP contribution in [0.3, 0.4) is 0 Å². The molecule has 0 unspecified atom stereocenters. The number of anilines is 1. The number of fused-ring (bicyclic) bond motifs is 1. The molecule has 1 aliphatic carbocycles. The molecular weight excluding hydrogens is 460 g/mol. The average molecular weight is 499 g/mol. The van der Waals surface area contributed by atoms with Gasteiger partial charge in [0.2, 0.25) is 5.91 Å². The standard InChI is InChI=1S/C31H38N4O2/c1-5-22-11-13-24(14-12-22)27-19-28-29(36)35(26-17-15-23(16-18-26)21(2)3)31(4,20-34(28)33-27)30(37)32-25-9-7-6-8-10-25/h11-19,21,25H,5-10,20H2,1-4H3,(H,32,37)/t31-/m0/s1. The SMILES string of the molecule is CCc1ccc(-c2cc3n(n2)C[C@@](C)(C(=O)NC2CCCCC2)N(c2ccc(C(C)C)cc2)C3=O)cc1. The van der Waals surface area contributed by atoms with Gasteiger partial charge in [0, 0.05) is 17.3 Å². The van der Waals surface area contributed by atoms with Crippen LogP contribution in [0, 0.1) is 0 Å². The van der Waals surface area contributed by atoms with Crippen molar-refractivity contribution in [3.63, 3.8) is 0 Å². The number of carbonyl (C=O) groups excluding carboxylic acids is 2. The predicted molar refractivity (Wildman–Crippen MR) is 148 cm³/mol. The van der Waals surface area contributed by atoms with Gasteiger partial charge in [-0.05, 0) is 61.4 Å². The predicted octanol–water partition coefficient (Wildman–Crippen LogP) is 6.10. The minimum absolute atomic E-state index is 0.115. The summed E-state index contributed by atoms with van der Waals surface area (Å²) in [6.45, 7) is 8.60. The lowest BCUT2D eigenvalue weighted by atomic mass is 9.91. The molecule has 0 spiro atoms. The van der Waals surface area contributed by atoms with Crippen molar-refractivity contribution in [3.05, 3.63) is 71.4 Å². The Hall–Kier alpha value is -3.41. The molecular formula is C31H38N4O2. The Labute approximate surface area is 220 Å². The van der Waals surface area contributed by atoms with Gasteiger partial charge in [-0.15, -0.1) is 0 Å². The third-order valence-electron chi connectivity index (χ3n) is 8.06. The number of carbonyl (C=O) groups is 2. The Balaban J connectivity index is 1.54. The third kappa shape index (κ3) is 4.81. The summed E-state index contributed by atoms with van der Waals surface area (Å²) in [5.74, 6) is 0.0691. The molecule has 1 saturated carbocycles. The highest BCUT2D eigenvalue weighted by Crippen LogP contribution is 2.35. The molecule has 0 bridgehead atoms. The number of nitrogens with one attached hydrogen (secondary N) is 1. The molecule has 2 amide bonds. The van der Waals surface area contributed by atoms with Crippen molar-refractivity contribution in [2.45, 2.75) is 90.3 Å². The Morgan fingerprint density at radius 1 is 1.05 bits per heavy atom. The Morgan fingerprint density at radius 2 is 1.73 bits per heavy atom. The summed E-state index contributed by atoms with van der Waals surface area (Å²) < 4.78 is 1.73. The van der Waals surface area contributed by atoms with Crippen LogP contribution in [-0.2, 0) is 17.8 Å². The Kier molecular flexibility index (Phi) is 6.93. The van der Waals surface area contributed by atoms with Crippen LogP contribution in [0.15, 0.2) is 54.6 Å². The summed E-state index contributed by atoms with van der Waals surface area (Å²) in [5, 5.41) is 8.09. The largest absolute Gasteiger partial charge is 0.351 e. The lowest BCUT2D eigenvalue weighted by molar-refractivity contribution is -0.127. The zero-order valence-corrected chi connectivity index (χ0v) is 22.5. The quantitative estimate of drug-likeness (QED) is 0.446. The molecule has 2 heterocycles. The number of amides is 2. The van der Waals surface area contributed by atoms with E-state index < -0.39 is 5.54 Å². The van der Waals surface area contributed by atoms with Gasteiger partial charge in [-0.3, -0.25) is 19.2 Å². The molecule has 2 aliphatic rings. The zero-order chi connectivity index (χ0) is 26.2. The van der Waals surface area contributed by atoms with Crippen molar-refractivity contribution in [1.82, 2.24) is 15.1 Å². The van der Waals surface area contributed by atoms with Crippen LogP contribution in [0.4, 0.5) is 5.69 Å². The molecule has 1 aromatic heterocycles. The Bertz CT molecular complexity index is 1270. The van der Waals surface area contributed by atoms with Crippen LogP contribution >= 0.6 is 0 Å². The third-order valence-corrected chi connectivity index (χ3v) is 8.06. The van der Waals surface area contributed by atoms with Crippen LogP contribution in [0.5, 0.6) is 0 Å². The van der Waals surface area contributed by atoms with Gasteiger partial charge < -0.3 is 5.32 Å². The lowest BCUT2D eigenvalue weighted by Crippen LogP contribution is -2.65. The first-order valence-corrected chi connectivity index (χ1v) is 13.7. The van der Waals surface area contributed by atoms with Crippen LogP contribution in [0.25, 0.3) is 11.3 Å². The minimum Gasteiger partial charge on any atom is -0.351 e. The van der Waals surface area contributed by atoms with E-state index in [1.807, 2.05) is 25.1 Å². The van der Waals surface area contributed by atoms with E-state index in [0.717, 1.165) is 49.0 Å². The van der Waals surface area contributed by atoms with Gasteiger partial charge in [0.05, 0.1) is 12.2 Å². The maximum absolute atomic E-state index is 14.1. The molecule has 6 heteroatoms. The van der Waals surface area contributed by atoms with Gasteiger partial charge in [0.25, 0.3) is 5.91 Å². The van der Waals surface area contributed by atoms with Gasteiger partial charge in [0.15, 0.2) is 0 Å². The minimum atomic E-state index is -1.10. The van der Waals surface area contributed by atoms with Gasteiger partial charge >= 0.3 is 0 Å². The monoisotopic (exact) mass is 498 g/mol. The van der Waals surface area contributed by atoms with Crippen LogP contribution in [0.2, 0.25) is 0 Å². The molecule has 1 N–H and O–H groups in total. The molecule has 2 aromatic carbocycles. The number of aromatic nitrogens is 2. The second kappa shape index (κ2) is 10.2. The van der Waals surface area contributed by atoms with E-state index in [-0.39, 0.29) is 17.9 Å². The summed E-state index contributed by atoms with van der Waals surface area (Å²) in [7, 11) is 0. The van der Waals surface area contributed by atoms with Gasteiger partial charge in [0.1, 0.15) is 11.2 Å². The molecule has 5 rings (SSSR count). The molecule has 1 aliphatic heterocycles. The van der Waals surface area contributed by atoms with E-state index in [1.165, 1.54) is 17.5 Å². The number of hydrogen-bond acceptors (Lipinski definition) is 3. The van der Waals surface area contributed by atoms with E-state index >= 15 is 0 Å². The van der Waals surface area contributed by atoms with Crippen molar-refractivity contribution >= 4 is 17.5 Å². The number of rotatable bonds is 6. The lowest BCUT2D eigenvalue weighted by Gasteiger charge is -2.44. The van der Waals surface area contributed by atoms with Crippen LogP contribution in [-0.4, -0.2) is 33.2 Å². The fourth-order valence-corrected chi connectivity index (χ4v) is 5.63. The van der Waals surface area contributed by atoms with E-state index in [2.05, 4.69) is 62.5 Å². The first-order chi connectivity index (χ1) is 17.8. The fraction of sp³-hybridized carbons (Fsp3) is 0.452. The zero-order valence-electron chi connectivity index (χ0n) is 22.5. The molecule has 0 saturated heterocycles. The first-order valence-electron chi connectivity index (χ1n) is 13.7. The van der Waals surface area contributed by atoms with Crippen molar-refractivity contribution < 1.29 is 9.59 Å². The molecule has 6 nitrogen and oxygen atoms in total. The Morgan fingerprint density at radius 3 is 2.35 bits per heavy atom. The maximum Gasteiger partial charge on any atom is 0.277 e. The molecule has 3 aromatic rings. The van der Waals surface area contributed by atoms with Crippen molar-refractivity contribution in [1.29, 1.82) is 0 Å². The number of hydrogen-bond donors (Lipinski definition) is 1. The van der Waals surface area contributed by atoms with E-state index in [1.54, 1.807) is 9.58 Å². The van der Waals surface area contributed by atoms with E-state index in [0.29, 0.717) is 18.2 Å². The van der Waals surface area contributed by atoms with Crippen molar-refractivity contribution in [3.8, 4) is 11.3 Å². The topological polar surface area (TPSA) is 67.2 Å². The second-order valence-electron chi connectivity index (χ2n) is 11.1.